The van der Waals surface area contributed by atoms with E-state index in [0.29, 0.717) is 6.54 Å². The number of piperidine rings is 1. The summed E-state index contributed by atoms with van der Waals surface area (Å²) in [5, 5.41) is 11.1. The molecule has 2 N–H and O–H groups in total. The van der Waals surface area contributed by atoms with Crippen molar-refractivity contribution >= 4 is 5.96 Å². The average Bonchev–Trinajstić information content (AvgIpc) is 3.18. The first kappa shape index (κ1) is 22.3. The number of nitrogens with one attached hydrogen (secondary N) is 2. The molecule has 0 atom stereocenters. The Hall–Kier alpha value is -2.34. The predicted molar refractivity (Wildman–Crippen MR) is 122 cm³/mol. The molecule has 0 spiro atoms. The Labute approximate surface area is 181 Å². The van der Waals surface area contributed by atoms with Crippen LogP contribution in [0.1, 0.15) is 61.8 Å². The van der Waals surface area contributed by atoms with Gasteiger partial charge in [0.1, 0.15) is 5.76 Å². The molecule has 2 heterocycles. The number of aryl methyl sites for hydroxylation is 2. The lowest BCUT2D eigenvalue weighted by molar-refractivity contribution is 0.185. The molecular weight excluding hydrogens is 374 g/mol. The van der Waals surface area contributed by atoms with Crippen LogP contribution in [-0.2, 0) is 32.5 Å². The highest BCUT2D eigenvalue weighted by molar-refractivity contribution is 5.79. The summed E-state index contributed by atoms with van der Waals surface area (Å²) in [7, 11) is 1.81. The molecule has 0 saturated carbocycles. The first-order valence-corrected chi connectivity index (χ1v) is 11.3. The first-order chi connectivity index (χ1) is 14.6. The van der Waals surface area contributed by atoms with E-state index in [1.165, 1.54) is 37.1 Å². The molecule has 6 nitrogen and oxygen atoms in total. The van der Waals surface area contributed by atoms with Crippen LogP contribution in [0.5, 0.6) is 0 Å². The van der Waals surface area contributed by atoms with Gasteiger partial charge in [0.25, 0.3) is 0 Å². The summed E-state index contributed by atoms with van der Waals surface area (Å²) >= 11 is 0. The maximum absolute atomic E-state index is 5.47. The van der Waals surface area contributed by atoms with Gasteiger partial charge in [-0.1, -0.05) is 50.2 Å². The molecule has 6 heteroatoms. The Morgan fingerprint density at radius 3 is 2.47 bits per heavy atom. The number of aromatic nitrogens is 1. The molecule has 0 unspecified atom stereocenters. The minimum atomic E-state index is 0.670. The van der Waals surface area contributed by atoms with Gasteiger partial charge in [0, 0.05) is 38.7 Å². The molecule has 1 saturated heterocycles. The number of hydrogen-bond donors (Lipinski definition) is 2. The molecule has 1 aliphatic rings. The molecule has 1 aromatic heterocycles. The van der Waals surface area contributed by atoms with Crippen LogP contribution < -0.4 is 10.6 Å². The minimum Gasteiger partial charge on any atom is -0.361 e. The fourth-order valence-electron chi connectivity index (χ4n) is 4.05. The Kier molecular flexibility index (Phi) is 8.31. The van der Waals surface area contributed by atoms with Crippen molar-refractivity contribution < 1.29 is 4.52 Å². The van der Waals surface area contributed by atoms with Crippen molar-refractivity contribution in [2.75, 3.05) is 20.1 Å². The zero-order valence-corrected chi connectivity index (χ0v) is 19.0. The summed E-state index contributed by atoms with van der Waals surface area (Å²) in [6, 6.07) is 8.73. The Bertz CT molecular complexity index is 799. The Morgan fingerprint density at radius 1 is 1.10 bits per heavy atom. The van der Waals surface area contributed by atoms with Crippen LogP contribution in [0.4, 0.5) is 0 Å². The van der Waals surface area contributed by atoms with Crippen LogP contribution in [0.2, 0.25) is 0 Å². The molecule has 2 aromatic rings. The first-order valence-electron chi connectivity index (χ1n) is 11.3. The van der Waals surface area contributed by atoms with Gasteiger partial charge in [-0.2, -0.15) is 0 Å². The van der Waals surface area contributed by atoms with E-state index in [-0.39, 0.29) is 0 Å². The van der Waals surface area contributed by atoms with E-state index in [1.54, 1.807) is 0 Å². The van der Waals surface area contributed by atoms with Gasteiger partial charge in [-0.05, 0) is 49.4 Å². The topological polar surface area (TPSA) is 65.7 Å². The third-order valence-corrected chi connectivity index (χ3v) is 6.10. The highest BCUT2D eigenvalue weighted by Crippen LogP contribution is 2.20. The average molecular weight is 412 g/mol. The van der Waals surface area contributed by atoms with Crippen LogP contribution in [0.15, 0.2) is 33.8 Å². The van der Waals surface area contributed by atoms with E-state index in [2.05, 4.69) is 70.7 Å². The van der Waals surface area contributed by atoms with Crippen molar-refractivity contribution in [3.63, 3.8) is 0 Å². The standard InChI is InChI=1S/C24H37N5O/c1-5-22-21(23(6-2)30-28-22)16-27-24(25-4)26-15-19-9-7-8-10-20(19)17-29-13-11-18(3)12-14-29/h7-10,18H,5-6,11-17H2,1-4H3,(H2,25,26,27). The third-order valence-electron chi connectivity index (χ3n) is 6.10. The largest absolute Gasteiger partial charge is 0.361 e. The fraction of sp³-hybridized carbons (Fsp3) is 0.583. The zero-order chi connectivity index (χ0) is 21.3. The predicted octanol–water partition coefficient (Wildman–Crippen LogP) is 3.90. The number of hydrogen-bond acceptors (Lipinski definition) is 4. The number of guanidine groups is 1. The van der Waals surface area contributed by atoms with Crippen molar-refractivity contribution in [3.8, 4) is 0 Å². The smallest absolute Gasteiger partial charge is 0.191 e. The van der Waals surface area contributed by atoms with Gasteiger partial charge in [0.15, 0.2) is 5.96 Å². The Balaban J connectivity index is 1.57. The molecule has 1 fully saturated rings. The van der Waals surface area contributed by atoms with Crippen molar-refractivity contribution in [2.45, 2.75) is 66.1 Å². The number of benzene rings is 1. The molecule has 30 heavy (non-hydrogen) atoms. The van der Waals surface area contributed by atoms with Crippen molar-refractivity contribution in [3.05, 3.63) is 52.4 Å². The normalized spacial score (nSPS) is 16.1. The van der Waals surface area contributed by atoms with Crippen LogP contribution >= 0.6 is 0 Å². The lowest BCUT2D eigenvalue weighted by Crippen LogP contribution is -2.37. The highest BCUT2D eigenvalue weighted by atomic mass is 16.5. The van der Waals surface area contributed by atoms with Gasteiger partial charge in [-0.15, -0.1) is 0 Å². The molecule has 0 amide bonds. The minimum absolute atomic E-state index is 0.670. The second-order valence-electron chi connectivity index (χ2n) is 8.24. The SMILES string of the molecule is CCc1noc(CC)c1CNC(=NC)NCc1ccccc1CN1CCC(C)CC1. The van der Waals surface area contributed by atoms with E-state index in [1.807, 2.05) is 7.05 Å². The van der Waals surface area contributed by atoms with Gasteiger partial charge < -0.3 is 15.2 Å². The van der Waals surface area contributed by atoms with Gasteiger partial charge >= 0.3 is 0 Å². The third kappa shape index (κ3) is 5.85. The molecule has 0 aliphatic carbocycles. The van der Waals surface area contributed by atoms with Gasteiger partial charge in [0.2, 0.25) is 0 Å². The molecule has 0 bridgehead atoms. The van der Waals surface area contributed by atoms with E-state index in [9.17, 15) is 0 Å². The lowest BCUT2D eigenvalue weighted by Gasteiger charge is -2.30. The summed E-state index contributed by atoms with van der Waals surface area (Å²) in [6.45, 7) is 11.4. The second-order valence-corrected chi connectivity index (χ2v) is 8.24. The summed E-state index contributed by atoms with van der Waals surface area (Å²) in [6.07, 6.45) is 4.33. The highest BCUT2D eigenvalue weighted by Gasteiger charge is 2.17. The second kappa shape index (κ2) is 11.2. The van der Waals surface area contributed by atoms with Crippen molar-refractivity contribution in [1.29, 1.82) is 0 Å². The van der Waals surface area contributed by atoms with Crippen molar-refractivity contribution in [2.24, 2.45) is 10.9 Å². The number of nitrogens with zero attached hydrogens (tertiary/aromatic N) is 3. The maximum Gasteiger partial charge on any atom is 0.191 e. The quantitative estimate of drug-likeness (QED) is 0.509. The van der Waals surface area contributed by atoms with E-state index in [0.717, 1.165) is 54.8 Å². The zero-order valence-electron chi connectivity index (χ0n) is 19.0. The number of rotatable bonds is 8. The fourth-order valence-corrected chi connectivity index (χ4v) is 4.05. The van der Waals surface area contributed by atoms with Crippen LogP contribution in [-0.4, -0.2) is 36.2 Å². The van der Waals surface area contributed by atoms with Gasteiger partial charge in [0.05, 0.1) is 5.69 Å². The van der Waals surface area contributed by atoms with E-state index < -0.39 is 0 Å². The Morgan fingerprint density at radius 2 is 1.80 bits per heavy atom. The van der Waals surface area contributed by atoms with E-state index >= 15 is 0 Å². The maximum atomic E-state index is 5.47. The van der Waals surface area contributed by atoms with Crippen LogP contribution in [0.3, 0.4) is 0 Å². The summed E-state index contributed by atoms with van der Waals surface area (Å²) < 4.78 is 5.47. The van der Waals surface area contributed by atoms with Crippen LogP contribution in [0.25, 0.3) is 0 Å². The van der Waals surface area contributed by atoms with Crippen molar-refractivity contribution in [1.82, 2.24) is 20.7 Å². The van der Waals surface area contributed by atoms with Crippen LogP contribution in [0, 0.1) is 5.92 Å². The molecule has 164 valence electrons. The molecule has 3 rings (SSSR count). The molecule has 0 radical (unpaired) electrons. The summed E-state index contributed by atoms with van der Waals surface area (Å²) in [5.74, 6) is 2.61. The molecule has 1 aromatic carbocycles. The molecular formula is C24H37N5O. The van der Waals surface area contributed by atoms with Gasteiger partial charge in [-0.25, -0.2) is 0 Å². The molecule has 1 aliphatic heterocycles. The number of likely N-dealkylation sites (tertiary alicyclic amines) is 1. The lowest BCUT2D eigenvalue weighted by atomic mass is 9.98. The van der Waals surface area contributed by atoms with Gasteiger partial charge in [-0.3, -0.25) is 9.89 Å². The monoisotopic (exact) mass is 411 g/mol. The summed E-state index contributed by atoms with van der Waals surface area (Å²) in [4.78, 5) is 6.98. The summed E-state index contributed by atoms with van der Waals surface area (Å²) in [5.41, 5.74) is 4.90. The van der Waals surface area contributed by atoms with E-state index in [4.69, 9.17) is 4.52 Å². The number of aliphatic imine (C=N–C) groups is 1.